The quantitative estimate of drug-likeness (QED) is 0.749. The number of anilines is 1. The Hall–Kier alpha value is -1.46. The van der Waals surface area contributed by atoms with Crippen LogP contribution in [0.25, 0.3) is 0 Å². The molecule has 1 aromatic rings. The monoisotopic (exact) mass is 237 g/mol. The van der Waals surface area contributed by atoms with E-state index in [0.29, 0.717) is 0 Å². The van der Waals surface area contributed by atoms with Crippen molar-refractivity contribution < 1.29 is 22.3 Å². The van der Waals surface area contributed by atoms with Crippen LogP contribution in [0.15, 0.2) is 18.2 Å². The average Bonchev–Trinajstić information content (AvgIpc) is 2.14. The highest BCUT2D eigenvalue weighted by atomic mass is 19.4. The van der Waals surface area contributed by atoms with E-state index >= 15 is 0 Å². The molecule has 0 heterocycles. The summed E-state index contributed by atoms with van der Waals surface area (Å²) in [6, 6.07) is 3.89. The van der Waals surface area contributed by atoms with E-state index in [0.717, 1.165) is 6.07 Å². The molecule has 0 aliphatic carbocycles. The normalized spacial score (nSPS) is 11.4. The highest BCUT2D eigenvalue weighted by Gasteiger charge is 2.32. The molecule has 0 bridgehead atoms. The van der Waals surface area contributed by atoms with E-state index < -0.39 is 18.8 Å². The smallest absolute Gasteiger partial charge is 0.404 e. The summed E-state index contributed by atoms with van der Waals surface area (Å²) in [5, 5.41) is 0. The van der Waals surface area contributed by atoms with E-state index in [1.807, 2.05) is 0 Å². The minimum absolute atomic E-state index is 0.0994. The van der Waals surface area contributed by atoms with Crippen molar-refractivity contribution in [1.82, 2.24) is 0 Å². The largest absolute Gasteiger partial charge is 0.573 e. The fourth-order valence-electron chi connectivity index (χ4n) is 1.39. The summed E-state index contributed by atoms with van der Waals surface area (Å²) in [4.78, 5) is 1.38. The van der Waals surface area contributed by atoms with Crippen LogP contribution in [-0.4, -0.2) is 20.5 Å². The maximum absolute atomic E-state index is 12.6. The predicted octanol–water partition coefficient (Wildman–Crippen LogP) is 3.12. The minimum atomic E-state index is -4.78. The lowest BCUT2D eigenvalue weighted by molar-refractivity contribution is -0.274. The van der Waals surface area contributed by atoms with Crippen molar-refractivity contribution in [3.63, 3.8) is 0 Å². The van der Waals surface area contributed by atoms with Crippen molar-refractivity contribution in [3.05, 3.63) is 23.8 Å². The van der Waals surface area contributed by atoms with E-state index in [1.165, 1.54) is 31.1 Å². The van der Waals surface area contributed by atoms with Gasteiger partial charge < -0.3 is 9.64 Å². The number of nitrogens with zero attached hydrogens (tertiary/aromatic N) is 1. The molecule has 0 amide bonds. The highest BCUT2D eigenvalue weighted by molar-refractivity contribution is 5.63. The van der Waals surface area contributed by atoms with Crippen LogP contribution in [-0.2, 0) is 6.67 Å². The number of hydrogen-bond donors (Lipinski definition) is 0. The van der Waals surface area contributed by atoms with Gasteiger partial charge in [0.15, 0.2) is 5.75 Å². The third-order valence-corrected chi connectivity index (χ3v) is 1.90. The van der Waals surface area contributed by atoms with Crippen LogP contribution in [0, 0.1) is 0 Å². The summed E-state index contributed by atoms with van der Waals surface area (Å²) in [7, 11) is 3.05. The lowest BCUT2D eigenvalue weighted by atomic mass is 10.1. The fourth-order valence-corrected chi connectivity index (χ4v) is 1.39. The summed E-state index contributed by atoms with van der Waals surface area (Å²) in [6.45, 7) is -0.845. The minimum Gasteiger partial charge on any atom is -0.404 e. The molecule has 1 rings (SSSR count). The topological polar surface area (TPSA) is 12.5 Å². The standard InChI is InChI=1S/C10H11F4NO/c1-15(2)9-7(6-11)4-3-5-8(9)16-10(12,13)14/h3-5H,6H2,1-2H3. The molecule has 0 unspecified atom stereocenters. The number of halogens is 4. The van der Waals surface area contributed by atoms with E-state index in [4.69, 9.17) is 0 Å². The first-order valence-corrected chi connectivity index (χ1v) is 4.46. The molecular weight excluding hydrogens is 226 g/mol. The van der Waals surface area contributed by atoms with Crippen LogP contribution in [0.3, 0.4) is 0 Å². The number of ether oxygens (including phenoxy) is 1. The van der Waals surface area contributed by atoms with Gasteiger partial charge in [-0.25, -0.2) is 4.39 Å². The van der Waals surface area contributed by atoms with E-state index in [1.54, 1.807) is 0 Å². The maximum atomic E-state index is 12.6. The molecule has 1 aromatic carbocycles. The van der Waals surface area contributed by atoms with E-state index in [2.05, 4.69) is 4.74 Å². The van der Waals surface area contributed by atoms with Gasteiger partial charge in [0.1, 0.15) is 6.67 Å². The van der Waals surface area contributed by atoms with Gasteiger partial charge in [0.05, 0.1) is 5.69 Å². The molecule has 16 heavy (non-hydrogen) atoms. The summed E-state index contributed by atoms with van der Waals surface area (Å²) in [5.41, 5.74) is 0.258. The Balaban J connectivity index is 3.17. The summed E-state index contributed by atoms with van der Waals surface area (Å²) in [5.74, 6) is -0.396. The van der Waals surface area contributed by atoms with Crippen molar-refractivity contribution in [2.45, 2.75) is 13.0 Å². The summed E-state index contributed by atoms with van der Waals surface area (Å²) in [6.07, 6.45) is -4.78. The average molecular weight is 237 g/mol. The second-order valence-corrected chi connectivity index (χ2v) is 3.34. The molecule has 0 fully saturated rings. The van der Waals surface area contributed by atoms with Gasteiger partial charge in [0.25, 0.3) is 0 Å². The van der Waals surface area contributed by atoms with Gasteiger partial charge in [-0.05, 0) is 6.07 Å². The van der Waals surface area contributed by atoms with E-state index in [9.17, 15) is 17.6 Å². The lowest BCUT2D eigenvalue weighted by Gasteiger charge is -2.21. The number of benzene rings is 1. The van der Waals surface area contributed by atoms with Gasteiger partial charge in [-0.15, -0.1) is 13.2 Å². The molecule has 0 spiro atoms. The maximum Gasteiger partial charge on any atom is 0.573 e. The van der Waals surface area contributed by atoms with Gasteiger partial charge >= 0.3 is 6.36 Å². The number of para-hydroxylation sites is 1. The molecule has 0 saturated heterocycles. The van der Waals surface area contributed by atoms with Crippen molar-refractivity contribution in [2.75, 3.05) is 19.0 Å². The van der Waals surface area contributed by atoms with Crippen molar-refractivity contribution in [3.8, 4) is 5.75 Å². The third-order valence-electron chi connectivity index (χ3n) is 1.90. The van der Waals surface area contributed by atoms with Crippen molar-refractivity contribution >= 4 is 5.69 Å². The molecule has 0 atom stereocenters. The van der Waals surface area contributed by atoms with Gasteiger partial charge in [-0.1, -0.05) is 12.1 Å². The molecule has 6 heteroatoms. The zero-order valence-electron chi connectivity index (χ0n) is 8.81. The first-order valence-electron chi connectivity index (χ1n) is 4.46. The van der Waals surface area contributed by atoms with Crippen molar-refractivity contribution in [2.24, 2.45) is 0 Å². The second kappa shape index (κ2) is 4.59. The zero-order chi connectivity index (χ0) is 12.3. The third kappa shape index (κ3) is 3.01. The van der Waals surface area contributed by atoms with Gasteiger partial charge in [0, 0.05) is 19.7 Å². The molecule has 0 aliphatic rings. The fraction of sp³-hybridized carbons (Fsp3) is 0.400. The molecular formula is C10H11F4NO. The Morgan fingerprint density at radius 2 is 1.88 bits per heavy atom. The number of alkyl halides is 4. The summed E-state index contributed by atoms with van der Waals surface area (Å²) < 4.78 is 52.7. The van der Waals surface area contributed by atoms with Crippen LogP contribution >= 0.6 is 0 Å². The first-order chi connectivity index (χ1) is 7.35. The van der Waals surface area contributed by atoms with Crippen LogP contribution in [0.2, 0.25) is 0 Å². The summed E-state index contributed by atoms with van der Waals surface area (Å²) >= 11 is 0. The molecule has 90 valence electrons. The molecule has 0 N–H and O–H groups in total. The highest BCUT2D eigenvalue weighted by Crippen LogP contribution is 2.35. The van der Waals surface area contributed by atoms with E-state index in [-0.39, 0.29) is 11.3 Å². The van der Waals surface area contributed by atoms with Crippen LogP contribution in [0.1, 0.15) is 5.56 Å². The van der Waals surface area contributed by atoms with Crippen LogP contribution in [0.4, 0.5) is 23.2 Å². The Labute approximate surface area is 90.4 Å². The Bertz CT molecular complexity index is 362. The zero-order valence-corrected chi connectivity index (χ0v) is 8.81. The lowest BCUT2D eigenvalue weighted by Crippen LogP contribution is -2.20. The molecule has 2 nitrogen and oxygen atoms in total. The Morgan fingerprint density at radius 1 is 1.25 bits per heavy atom. The SMILES string of the molecule is CN(C)c1c(CF)cccc1OC(F)(F)F. The molecule has 0 radical (unpaired) electrons. The second-order valence-electron chi connectivity index (χ2n) is 3.34. The molecule has 0 saturated carbocycles. The van der Waals surface area contributed by atoms with Crippen LogP contribution < -0.4 is 9.64 Å². The number of hydrogen-bond acceptors (Lipinski definition) is 2. The van der Waals surface area contributed by atoms with Gasteiger partial charge in [0.2, 0.25) is 0 Å². The predicted molar refractivity (Wildman–Crippen MR) is 52.3 cm³/mol. The number of rotatable bonds is 3. The molecule has 0 aliphatic heterocycles. The van der Waals surface area contributed by atoms with Crippen molar-refractivity contribution in [1.29, 1.82) is 0 Å². The van der Waals surface area contributed by atoms with Crippen LogP contribution in [0.5, 0.6) is 5.75 Å². The Kier molecular flexibility index (Phi) is 3.62. The first kappa shape index (κ1) is 12.6. The van der Waals surface area contributed by atoms with Gasteiger partial charge in [-0.2, -0.15) is 0 Å². The Morgan fingerprint density at radius 3 is 2.31 bits per heavy atom. The molecule has 0 aromatic heterocycles. The van der Waals surface area contributed by atoms with Gasteiger partial charge in [-0.3, -0.25) is 0 Å².